The normalized spacial score (nSPS) is 17.7. The van der Waals surface area contributed by atoms with Crippen LogP contribution >= 0.6 is 11.3 Å². The molecule has 1 N–H and O–H groups in total. The number of aryl methyl sites for hydroxylation is 3. The van der Waals surface area contributed by atoms with Gasteiger partial charge in [-0.15, -0.1) is 0 Å². The van der Waals surface area contributed by atoms with Crippen LogP contribution < -0.4 is 4.90 Å². The number of carbonyl (C=O) groups is 2. The molecule has 1 saturated heterocycles. The number of hydrogen-bond donors (Lipinski definition) is 1. The Bertz CT molecular complexity index is 1570. The SMILES string of the molecule is Cc1ccc(/C(O)=C2\C(=O)C(=O)N(c3nc4c(C)cc(C)cc4s3)[C@H]2c2ccc(C(C)(C)C)cc2)cc1. The van der Waals surface area contributed by atoms with Crippen LogP contribution in [0.25, 0.3) is 16.0 Å². The molecule has 188 valence electrons. The molecule has 0 bridgehead atoms. The quantitative estimate of drug-likeness (QED) is 0.181. The Morgan fingerprint density at radius 2 is 1.57 bits per heavy atom. The van der Waals surface area contributed by atoms with Gasteiger partial charge in [-0.2, -0.15) is 0 Å². The average Bonchev–Trinajstić information content (AvgIpc) is 3.37. The fourth-order valence-electron chi connectivity index (χ4n) is 4.84. The fourth-order valence-corrected chi connectivity index (χ4v) is 6.01. The fraction of sp³-hybridized carbons (Fsp3) is 0.258. The lowest BCUT2D eigenvalue weighted by Crippen LogP contribution is -2.29. The zero-order valence-corrected chi connectivity index (χ0v) is 22.7. The van der Waals surface area contributed by atoms with E-state index in [1.165, 1.54) is 16.2 Å². The van der Waals surface area contributed by atoms with E-state index >= 15 is 0 Å². The lowest BCUT2D eigenvalue weighted by atomic mass is 9.85. The molecular formula is C31H30N2O3S. The molecule has 1 aromatic heterocycles. The van der Waals surface area contributed by atoms with Gasteiger partial charge in [0.15, 0.2) is 5.13 Å². The van der Waals surface area contributed by atoms with Crippen molar-refractivity contribution in [2.24, 2.45) is 0 Å². The molecule has 1 amide bonds. The molecule has 1 aliphatic heterocycles. The van der Waals surface area contributed by atoms with E-state index in [4.69, 9.17) is 4.98 Å². The second-order valence-electron chi connectivity index (χ2n) is 10.8. The predicted molar refractivity (Wildman–Crippen MR) is 150 cm³/mol. The number of aliphatic hydroxyl groups is 1. The molecule has 5 nitrogen and oxygen atoms in total. The van der Waals surface area contributed by atoms with Crippen molar-refractivity contribution in [2.45, 2.75) is 53.0 Å². The molecule has 3 aromatic carbocycles. The molecule has 1 atom stereocenters. The number of thiazole rings is 1. The largest absolute Gasteiger partial charge is 0.507 e. The summed E-state index contributed by atoms with van der Waals surface area (Å²) in [5, 5.41) is 11.8. The van der Waals surface area contributed by atoms with E-state index in [9.17, 15) is 14.7 Å². The molecule has 0 saturated carbocycles. The van der Waals surface area contributed by atoms with Gasteiger partial charge in [0.1, 0.15) is 5.76 Å². The number of carbonyl (C=O) groups excluding carboxylic acids is 2. The summed E-state index contributed by atoms with van der Waals surface area (Å²) in [6, 6.07) is 18.5. The second-order valence-corrected chi connectivity index (χ2v) is 11.8. The highest BCUT2D eigenvalue weighted by Gasteiger charge is 2.48. The molecule has 0 spiro atoms. The Balaban J connectivity index is 1.73. The van der Waals surface area contributed by atoms with Crippen LogP contribution in [0.4, 0.5) is 5.13 Å². The van der Waals surface area contributed by atoms with Gasteiger partial charge in [0.05, 0.1) is 21.8 Å². The molecular weight excluding hydrogens is 480 g/mol. The van der Waals surface area contributed by atoms with Gasteiger partial charge in [-0.3, -0.25) is 14.5 Å². The van der Waals surface area contributed by atoms with Crippen LogP contribution in [-0.2, 0) is 15.0 Å². The van der Waals surface area contributed by atoms with Crippen molar-refractivity contribution in [1.82, 2.24) is 4.98 Å². The van der Waals surface area contributed by atoms with Crippen LogP contribution in [-0.4, -0.2) is 21.8 Å². The Morgan fingerprint density at radius 3 is 2.19 bits per heavy atom. The predicted octanol–water partition coefficient (Wildman–Crippen LogP) is 7.15. The summed E-state index contributed by atoms with van der Waals surface area (Å²) >= 11 is 1.38. The van der Waals surface area contributed by atoms with Gasteiger partial charge in [0.25, 0.3) is 5.78 Å². The monoisotopic (exact) mass is 510 g/mol. The number of Topliss-reactive ketones (excluding diaryl/α,β-unsaturated/α-hetero) is 1. The molecule has 0 aliphatic carbocycles. The minimum absolute atomic E-state index is 0.0509. The zero-order chi connectivity index (χ0) is 26.6. The van der Waals surface area contributed by atoms with Crippen molar-refractivity contribution in [3.8, 4) is 0 Å². The number of aromatic nitrogens is 1. The van der Waals surface area contributed by atoms with E-state index in [0.717, 1.165) is 38.0 Å². The number of aliphatic hydroxyl groups excluding tert-OH is 1. The molecule has 1 aliphatic rings. The highest BCUT2D eigenvalue weighted by atomic mass is 32.1. The first-order valence-corrected chi connectivity index (χ1v) is 13.1. The van der Waals surface area contributed by atoms with Gasteiger partial charge in [-0.05, 0) is 54.5 Å². The highest BCUT2D eigenvalue weighted by Crippen LogP contribution is 2.45. The molecule has 1 fully saturated rings. The van der Waals surface area contributed by atoms with Gasteiger partial charge in [-0.25, -0.2) is 4.98 Å². The third kappa shape index (κ3) is 4.36. The maximum atomic E-state index is 13.5. The van der Waals surface area contributed by atoms with Crippen LogP contribution in [0, 0.1) is 20.8 Å². The minimum Gasteiger partial charge on any atom is -0.507 e. The Kier molecular flexibility index (Phi) is 6.03. The number of nitrogens with zero attached hydrogens (tertiary/aromatic N) is 2. The third-order valence-corrected chi connectivity index (χ3v) is 7.89. The third-order valence-electron chi connectivity index (χ3n) is 6.89. The molecule has 5 rings (SSSR count). The summed E-state index contributed by atoms with van der Waals surface area (Å²) in [6.07, 6.45) is 0. The minimum atomic E-state index is -0.794. The number of rotatable bonds is 3. The van der Waals surface area contributed by atoms with Crippen molar-refractivity contribution in [3.05, 3.63) is 99.6 Å². The second kappa shape index (κ2) is 8.96. The number of hydrogen-bond acceptors (Lipinski definition) is 5. The topological polar surface area (TPSA) is 70.5 Å². The van der Waals surface area contributed by atoms with E-state index in [1.807, 2.05) is 63.2 Å². The Labute approximate surface area is 221 Å². The van der Waals surface area contributed by atoms with Gasteiger partial charge in [-0.1, -0.05) is 92.3 Å². The van der Waals surface area contributed by atoms with E-state index in [1.54, 1.807) is 12.1 Å². The van der Waals surface area contributed by atoms with Gasteiger partial charge in [0.2, 0.25) is 0 Å². The van der Waals surface area contributed by atoms with Crippen LogP contribution in [0.1, 0.15) is 60.2 Å². The number of ketones is 1. The van der Waals surface area contributed by atoms with E-state index < -0.39 is 17.7 Å². The maximum Gasteiger partial charge on any atom is 0.301 e. The lowest BCUT2D eigenvalue weighted by molar-refractivity contribution is -0.132. The zero-order valence-electron chi connectivity index (χ0n) is 21.9. The van der Waals surface area contributed by atoms with Crippen molar-refractivity contribution in [1.29, 1.82) is 0 Å². The first-order valence-electron chi connectivity index (χ1n) is 12.3. The van der Waals surface area contributed by atoms with Gasteiger partial charge < -0.3 is 5.11 Å². The van der Waals surface area contributed by atoms with Gasteiger partial charge in [0, 0.05) is 5.56 Å². The molecule has 0 unspecified atom stereocenters. The first-order chi connectivity index (χ1) is 17.5. The number of fused-ring (bicyclic) bond motifs is 1. The molecule has 4 aromatic rings. The lowest BCUT2D eigenvalue weighted by Gasteiger charge is -2.24. The van der Waals surface area contributed by atoms with Crippen LogP contribution in [0.2, 0.25) is 0 Å². The van der Waals surface area contributed by atoms with E-state index in [2.05, 4.69) is 26.8 Å². The molecule has 0 radical (unpaired) electrons. The average molecular weight is 511 g/mol. The van der Waals surface area contributed by atoms with E-state index in [0.29, 0.717) is 10.7 Å². The summed E-state index contributed by atoms with van der Waals surface area (Å²) in [4.78, 5) is 33.3. The van der Waals surface area contributed by atoms with Gasteiger partial charge >= 0.3 is 5.91 Å². The Morgan fingerprint density at radius 1 is 0.919 bits per heavy atom. The van der Waals surface area contributed by atoms with Crippen molar-refractivity contribution >= 4 is 44.1 Å². The summed E-state index contributed by atoms with van der Waals surface area (Å²) in [5.74, 6) is -1.58. The molecule has 6 heteroatoms. The van der Waals surface area contributed by atoms with Crippen LogP contribution in [0.15, 0.2) is 66.2 Å². The summed E-state index contributed by atoms with van der Waals surface area (Å²) in [7, 11) is 0. The summed E-state index contributed by atoms with van der Waals surface area (Å²) in [5.41, 5.74) is 6.37. The van der Waals surface area contributed by atoms with Crippen molar-refractivity contribution in [2.75, 3.05) is 4.90 Å². The van der Waals surface area contributed by atoms with Crippen LogP contribution in [0.5, 0.6) is 0 Å². The summed E-state index contributed by atoms with van der Waals surface area (Å²) < 4.78 is 0.953. The standard InChI is InChI=1S/C31H30N2O3S/c1-17-7-9-21(10-8-17)27(34)24-26(20-11-13-22(14-12-20)31(4,5)6)33(29(36)28(24)35)30-32-25-19(3)15-18(2)16-23(25)37-30/h7-16,26,34H,1-6H3/b27-24+/t26-/m0/s1. The number of anilines is 1. The first kappa shape index (κ1) is 24.9. The van der Waals surface area contributed by atoms with E-state index in [-0.39, 0.29) is 16.7 Å². The molecule has 37 heavy (non-hydrogen) atoms. The maximum absolute atomic E-state index is 13.5. The van der Waals surface area contributed by atoms with Crippen molar-refractivity contribution in [3.63, 3.8) is 0 Å². The molecule has 2 heterocycles. The Hall–Kier alpha value is -3.77. The van der Waals surface area contributed by atoms with Crippen molar-refractivity contribution < 1.29 is 14.7 Å². The number of benzene rings is 3. The highest BCUT2D eigenvalue weighted by molar-refractivity contribution is 7.22. The summed E-state index contributed by atoms with van der Waals surface area (Å²) in [6.45, 7) is 12.4. The number of amides is 1. The smallest absolute Gasteiger partial charge is 0.301 e. The van der Waals surface area contributed by atoms with Crippen LogP contribution in [0.3, 0.4) is 0 Å².